The molecule has 3 aromatic carbocycles. The molecule has 1 aliphatic heterocycles. The maximum Gasteiger partial charge on any atom is 0.300 e. The van der Waals surface area contributed by atoms with Crippen LogP contribution in [0.2, 0.25) is 0 Å². The van der Waals surface area contributed by atoms with E-state index in [1.807, 2.05) is 25.1 Å². The topological polar surface area (TPSA) is 76.1 Å². The van der Waals surface area contributed by atoms with Crippen LogP contribution in [0.3, 0.4) is 0 Å². The van der Waals surface area contributed by atoms with Gasteiger partial charge in [0.1, 0.15) is 17.3 Å². The van der Waals surface area contributed by atoms with Crippen LogP contribution in [-0.2, 0) is 15.0 Å². The Hall–Kier alpha value is -4.06. The average Bonchev–Trinajstić information content (AvgIpc) is 3.14. The van der Waals surface area contributed by atoms with Crippen molar-refractivity contribution in [3.05, 3.63) is 95.1 Å². The molecule has 0 radical (unpaired) electrons. The molecule has 1 N–H and O–H groups in total. The van der Waals surface area contributed by atoms with Crippen LogP contribution in [0.25, 0.3) is 5.76 Å². The number of hydrogen-bond acceptors (Lipinski definition) is 5. The van der Waals surface area contributed by atoms with Gasteiger partial charge in [0.2, 0.25) is 0 Å². The fourth-order valence-electron chi connectivity index (χ4n) is 4.51. The molecule has 36 heavy (non-hydrogen) atoms. The number of hydrogen-bond donors (Lipinski definition) is 1. The molecule has 1 fully saturated rings. The number of anilines is 1. The van der Waals surface area contributed by atoms with E-state index in [1.54, 1.807) is 61.7 Å². The molecule has 1 amide bonds. The van der Waals surface area contributed by atoms with Crippen molar-refractivity contribution < 1.29 is 24.2 Å². The lowest BCUT2D eigenvalue weighted by atomic mass is 9.84. The lowest BCUT2D eigenvalue weighted by Gasteiger charge is -2.26. The summed E-state index contributed by atoms with van der Waals surface area (Å²) in [5, 5.41) is 11.6. The monoisotopic (exact) mass is 485 g/mol. The van der Waals surface area contributed by atoms with Crippen LogP contribution in [0.15, 0.2) is 78.4 Å². The van der Waals surface area contributed by atoms with Crippen LogP contribution in [0.5, 0.6) is 11.5 Å². The summed E-state index contributed by atoms with van der Waals surface area (Å²) in [6, 6.07) is 20.7. The number of ketones is 1. The minimum absolute atomic E-state index is 0.0288. The predicted molar refractivity (Wildman–Crippen MR) is 141 cm³/mol. The Morgan fingerprint density at radius 1 is 0.972 bits per heavy atom. The van der Waals surface area contributed by atoms with Gasteiger partial charge in [0.25, 0.3) is 11.7 Å². The number of aliphatic hydroxyl groups is 1. The van der Waals surface area contributed by atoms with Crippen molar-refractivity contribution in [2.75, 3.05) is 18.6 Å². The summed E-state index contributed by atoms with van der Waals surface area (Å²) >= 11 is 0. The van der Waals surface area contributed by atoms with Crippen LogP contribution in [0.4, 0.5) is 5.69 Å². The van der Waals surface area contributed by atoms with E-state index in [0.717, 1.165) is 11.3 Å². The number of Topliss-reactive ketones (excluding diaryl/α,β-unsaturated/α-hetero) is 1. The molecule has 1 saturated heterocycles. The minimum Gasteiger partial charge on any atom is -0.507 e. The van der Waals surface area contributed by atoms with Crippen molar-refractivity contribution in [2.45, 2.75) is 39.2 Å². The van der Waals surface area contributed by atoms with Gasteiger partial charge in [-0.2, -0.15) is 0 Å². The van der Waals surface area contributed by atoms with Gasteiger partial charge in [0.05, 0.1) is 25.3 Å². The van der Waals surface area contributed by atoms with E-state index in [0.29, 0.717) is 29.2 Å². The first kappa shape index (κ1) is 25.0. The van der Waals surface area contributed by atoms with Crippen LogP contribution >= 0.6 is 0 Å². The fraction of sp³-hybridized carbons (Fsp3) is 0.267. The van der Waals surface area contributed by atoms with Gasteiger partial charge >= 0.3 is 0 Å². The van der Waals surface area contributed by atoms with Gasteiger partial charge in [-0.15, -0.1) is 0 Å². The summed E-state index contributed by atoms with van der Waals surface area (Å²) in [6.07, 6.45) is 0. The highest BCUT2D eigenvalue weighted by Gasteiger charge is 2.47. The molecule has 1 heterocycles. The molecule has 1 atom stereocenters. The van der Waals surface area contributed by atoms with Gasteiger partial charge in [0.15, 0.2) is 0 Å². The molecule has 4 rings (SSSR count). The van der Waals surface area contributed by atoms with Gasteiger partial charge in [-0.3, -0.25) is 14.5 Å². The van der Waals surface area contributed by atoms with E-state index in [2.05, 4.69) is 20.8 Å². The number of carbonyl (C=O) groups excluding carboxylic acids is 2. The molecule has 6 nitrogen and oxygen atoms in total. The minimum atomic E-state index is -0.827. The molecule has 1 unspecified atom stereocenters. The molecule has 0 aliphatic carbocycles. The van der Waals surface area contributed by atoms with Crippen molar-refractivity contribution in [1.82, 2.24) is 0 Å². The number of ether oxygens (including phenoxy) is 2. The molecule has 3 aromatic rings. The third-order valence-corrected chi connectivity index (χ3v) is 6.25. The Morgan fingerprint density at radius 2 is 1.69 bits per heavy atom. The number of amides is 1. The third-order valence-electron chi connectivity index (χ3n) is 6.25. The van der Waals surface area contributed by atoms with Crippen molar-refractivity contribution in [1.29, 1.82) is 0 Å². The molecule has 0 aromatic heterocycles. The largest absolute Gasteiger partial charge is 0.507 e. The maximum absolute atomic E-state index is 13.4. The first-order valence-corrected chi connectivity index (χ1v) is 11.9. The van der Waals surface area contributed by atoms with E-state index < -0.39 is 17.7 Å². The van der Waals surface area contributed by atoms with Crippen molar-refractivity contribution >= 4 is 23.1 Å². The van der Waals surface area contributed by atoms with Gasteiger partial charge in [-0.25, -0.2) is 0 Å². The number of benzene rings is 3. The molecule has 186 valence electrons. The normalized spacial score (nSPS) is 17.4. The molecule has 0 bridgehead atoms. The number of methoxy groups -OCH3 is 1. The van der Waals surface area contributed by atoms with E-state index >= 15 is 0 Å². The van der Waals surface area contributed by atoms with Crippen LogP contribution in [0.1, 0.15) is 50.4 Å². The molecule has 0 saturated carbocycles. The van der Waals surface area contributed by atoms with E-state index in [9.17, 15) is 14.7 Å². The standard InChI is InChI=1S/C30H31NO5/c1-6-36-24-16-15-20(18-23(24)30(2,3)4)27(32)25-26(19-11-10-14-22(17-19)35-5)31(29(34)28(25)33)21-12-8-7-9-13-21/h7-18,26,32H,6H2,1-5H3/b27-25-. The van der Waals surface area contributed by atoms with Crippen molar-refractivity contribution in [3.63, 3.8) is 0 Å². The van der Waals surface area contributed by atoms with E-state index in [-0.39, 0.29) is 16.7 Å². The van der Waals surface area contributed by atoms with Gasteiger partial charge in [0, 0.05) is 16.8 Å². The number of rotatable bonds is 6. The second kappa shape index (κ2) is 9.90. The number of carbonyl (C=O) groups is 2. The van der Waals surface area contributed by atoms with Gasteiger partial charge in [-0.1, -0.05) is 51.1 Å². The summed E-state index contributed by atoms with van der Waals surface area (Å²) in [6.45, 7) is 8.59. The first-order chi connectivity index (χ1) is 17.2. The Bertz CT molecular complexity index is 1320. The zero-order chi connectivity index (χ0) is 26.0. The highest BCUT2D eigenvalue weighted by molar-refractivity contribution is 6.51. The zero-order valence-electron chi connectivity index (χ0n) is 21.2. The second-order valence-corrected chi connectivity index (χ2v) is 9.68. The summed E-state index contributed by atoms with van der Waals surface area (Å²) in [5.74, 6) is -0.362. The summed E-state index contributed by atoms with van der Waals surface area (Å²) < 4.78 is 11.2. The van der Waals surface area contributed by atoms with Crippen molar-refractivity contribution in [3.8, 4) is 11.5 Å². The van der Waals surface area contributed by atoms with Crippen molar-refractivity contribution in [2.24, 2.45) is 0 Å². The Morgan fingerprint density at radius 3 is 2.33 bits per heavy atom. The summed E-state index contributed by atoms with van der Waals surface area (Å²) in [4.78, 5) is 28.2. The highest BCUT2D eigenvalue weighted by atomic mass is 16.5. The lowest BCUT2D eigenvalue weighted by Crippen LogP contribution is -2.29. The van der Waals surface area contributed by atoms with Gasteiger partial charge < -0.3 is 14.6 Å². The molecule has 6 heteroatoms. The van der Waals surface area contributed by atoms with Gasteiger partial charge in [-0.05, 0) is 60.4 Å². The molecular weight excluding hydrogens is 454 g/mol. The molecule has 1 aliphatic rings. The smallest absolute Gasteiger partial charge is 0.300 e. The van der Waals surface area contributed by atoms with E-state index in [1.165, 1.54) is 4.90 Å². The highest BCUT2D eigenvalue weighted by Crippen LogP contribution is 2.43. The summed E-state index contributed by atoms with van der Waals surface area (Å²) in [7, 11) is 1.56. The Kier molecular flexibility index (Phi) is 6.88. The average molecular weight is 486 g/mol. The second-order valence-electron chi connectivity index (χ2n) is 9.68. The van der Waals surface area contributed by atoms with E-state index in [4.69, 9.17) is 9.47 Å². The number of nitrogens with zero attached hydrogens (tertiary/aromatic N) is 1. The lowest BCUT2D eigenvalue weighted by molar-refractivity contribution is -0.132. The Balaban J connectivity index is 1.95. The molecular formula is C30H31NO5. The number of aliphatic hydroxyl groups excluding tert-OH is 1. The van der Waals surface area contributed by atoms with Crippen LogP contribution < -0.4 is 14.4 Å². The Labute approximate surface area is 211 Å². The van der Waals surface area contributed by atoms with Crippen LogP contribution in [0, 0.1) is 0 Å². The molecule has 0 spiro atoms. The SMILES string of the molecule is CCOc1ccc(/C(O)=C2/C(=O)C(=O)N(c3ccccc3)C2c2cccc(OC)c2)cc1C(C)(C)C. The maximum atomic E-state index is 13.4. The first-order valence-electron chi connectivity index (χ1n) is 11.9. The van der Waals surface area contributed by atoms with Crippen LogP contribution in [-0.4, -0.2) is 30.5 Å². The summed E-state index contributed by atoms with van der Waals surface area (Å²) in [5.41, 5.74) is 2.31. The number of para-hydroxylation sites is 1. The fourth-order valence-corrected chi connectivity index (χ4v) is 4.51. The quantitative estimate of drug-likeness (QED) is 0.263. The predicted octanol–water partition coefficient (Wildman–Crippen LogP) is 6.02. The zero-order valence-corrected chi connectivity index (χ0v) is 21.2. The third kappa shape index (κ3) is 4.59.